The zero-order valence-electron chi connectivity index (χ0n) is 18.3. The molecule has 0 aliphatic carbocycles. The van der Waals surface area contributed by atoms with Crippen molar-refractivity contribution >= 4 is 21.6 Å². The lowest BCUT2D eigenvalue weighted by molar-refractivity contribution is -0.116. The Morgan fingerprint density at radius 3 is 2.38 bits per heavy atom. The van der Waals surface area contributed by atoms with E-state index in [2.05, 4.69) is 10.3 Å². The Morgan fingerprint density at radius 1 is 1.03 bits per heavy atom. The van der Waals surface area contributed by atoms with Crippen LogP contribution in [0.3, 0.4) is 0 Å². The molecule has 3 aromatic rings. The van der Waals surface area contributed by atoms with Crippen LogP contribution in [0.4, 0.5) is 5.69 Å². The lowest BCUT2D eigenvalue weighted by atomic mass is 10.1. The molecule has 0 aliphatic heterocycles. The summed E-state index contributed by atoms with van der Waals surface area (Å²) in [5, 5.41) is 2.67. The van der Waals surface area contributed by atoms with Gasteiger partial charge in [0, 0.05) is 13.2 Å². The minimum Gasteiger partial charge on any atom is -0.497 e. The molecule has 9 heteroatoms. The first kappa shape index (κ1) is 23.2. The van der Waals surface area contributed by atoms with Gasteiger partial charge in [0.1, 0.15) is 17.2 Å². The number of pyridine rings is 1. The number of aromatic nitrogens is 1. The van der Waals surface area contributed by atoms with E-state index < -0.39 is 15.9 Å². The van der Waals surface area contributed by atoms with Crippen LogP contribution in [0.1, 0.15) is 11.1 Å². The fraction of sp³-hybridized carbons (Fsp3) is 0.217. The van der Waals surface area contributed by atoms with Crippen LogP contribution in [0.15, 0.2) is 65.7 Å². The van der Waals surface area contributed by atoms with E-state index in [4.69, 9.17) is 9.47 Å². The number of nitrogens with zero attached hydrogens (tertiary/aromatic N) is 2. The van der Waals surface area contributed by atoms with Crippen molar-refractivity contribution in [1.82, 2.24) is 9.29 Å². The van der Waals surface area contributed by atoms with E-state index in [1.807, 2.05) is 13.8 Å². The van der Waals surface area contributed by atoms with E-state index in [0.717, 1.165) is 15.4 Å². The molecule has 0 saturated carbocycles. The van der Waals surface area contributed by atoms with Gasteiger partial charge in [-0.25, -0.2) is 13.4 Å². The summed E-state index contributed by atoms with van der Waals surface area (Å²) in [5.41, 5.74) is 2.18. The third kappa shape index (κ3) is 5.43. The summed E-state index contributed by atoms with van der Waals surface area (Å²) < 4.78 is 37.6. The summed E-state index contributed by atoms with van der Waals surface area (Å²) >= 11 is 0. The molecule has 0 radical (unpaired) electrons. The zero-order chi connectivity index (χ0) is 23.3. The Labute approximate surface area is 187 Å². The summed E-state index contributed by atoms with van der Waals surface area (Å²) in [6.07, 6.45) is 1.53. The number of anilines is 1. The van der Waals surface area contributed by atoms with Gasteiger partial charge in [-0.2, -0.15) is 4.31 Å². The number of carbonyl (C=O) groups excluding carboxylic acids is 1. The van der Waals surface area contributed by atoms with Crippen LogP contribution in [0.5, 0.6) is 17.4 Å². The van der Waals surface area contributed by atoms with E-state index in [9.17, 15) is 13.2 Å². The lowest BCUT2D eigenvalue weighted by Gasteiger charge is -2.18. The average molecular weight is 456 g/mol. The number of hydrogen-bond acceptors (Lipinski definition) is 6. The molecule has 32 heavy (non-hydrogen) atoms. The summed E-state index contributed by atoms with van der Waals surface area (Å²) in [5.74, 6) is 0.854. The highest BCUT2D eigenvalue weighted by atomic mass is 32.2. The first-order valence-electron chi connectivity index (χ1n) is 9.81. The van der Waals surface area contributed by atoms with Gasteiger partial charge in [-0.3, -0.25) is 4.79 Å². The molecule has 2 aromatic carbocycles. The number of methoxy groups -OCH3 is 1. The van der Waals surface area contributed by atoms with E-state index in [-0.39, 0.29) is 17.3 Å². The second kappa shape index (κ2) is 9.80. The number of ether oxygens (including phenoxy) is 2. The number of benzene rings is 2. The molecule has 3 rings (SSSR count). The fourth-order valence-corrected chi connectivity index (χ4v) is 4.07. The molecule has 0 saturated heterocycles. The number of carbonyl (C=O) groups is 1. The number of likely N-dealkylation sites (N-methyl/N-ethyl adjacent to an activating group) is 1. The second-order valence-corrected chi connectivity index (χ2v) is 9.23. The smallest absolute Gasteiger partial charge is 0.243 e. The van der Waals surface area contributed by atoms with Gasteiger partial charge >= 0.3 is 0 Å². The number of sulfonamides is 1. The molecule has 1 amide bonds. The standard InChI is InChI=1S/C23H25N3O5S/c1-16-7-12-20(14-17(16)2)32(28,29)26(3)15-22(27)25-21-6-5-13-24-23(21)31-19-10-8-18(30-4)9-11-19/h5-14H,15H2,1-4H3,(H,25,27). The first-order valence-corrected chi connectivity index (χ1v) is 11.2. The summed E-state index contributed by atoms with van der Waals surface area (Å²) in [6.45, 7) is 3.38. The maximum Gasteiger partial charge on any atom is 0.243 e. The van der Waals surface area contributed by atoms with Crippen molar-refractivity contribution in [1.29, 1.82) is 0 Å². The molecule has 0 fully saturated rings. The van der Waals surface area contributed by atoms with Crippen LogP contribution in [0.25, 0.3) is 0 Å². The third-order valence-electron chi connectivity index (χ3n) is 4.87. The van der Waals surface area contributed by atoms with Crippen molar-refractivity contribution < 1.29 is 22.7 Å². The van der Waals surface area contributed by atoms with Crippen molar-refractivity contribution in [3.8, 4) is 17.4 Å². The maximum atomic E-state index is 12.8. The van der Waals surface area contributed by atoms with Crippen molar-refractivity contribution in [2.24, 2.45) is 0 Å². The molecule has 0 aliphatic rings. The van der Waals surface area contributed by atoms with E-state index >= 15 is 0 Å². The molecular formula is C23H25N3O5S. The van der Waals surface area contributed by atoms with Gasteiger partial charge in [0.15, 0.2) is 0 Å². The maximum absolute atomic E-state index is 12.8. The summed E-state index contributed by atoms with van der Waals surface area (Å²) in [6, 6.07) is 15.1. The lowest BCUT2D eigenvalue weighted by Crippen LogP contribution is -2.35. The Kier molecular flexibility index (Phi) is 7.12. The Morgan fingerprint density at radius 2 is 1.72 bits per heavy atom. The Hall–Kier alpha value is -3.43. The van der Waals surface area contributed by atoms with Gasteiger partial charge in [0.05, 0.1) is 18.6 Å². The molecule has 0 bridgehead atoms. The molecular weight excluding hydrogens is 430 g/mol. The van der Waals surface area contributed by atoms with Crippen molar-refractivity contribution in [3.05, 3.63) is 71.9 Å². The number of hydrogen-bond donors (Lipinski definition) is 1. The van der Waals surface area contributed by atoms with Gasteiger partial charge in [0.25, 0.3) is 0 Å². The SMILES string of the molecule is COc1ccc(Oc2ncccc2NC(=O)CN(C)S(=O)(=O)c2ccc(C)c(C)c2)cc1. The summed E-state index contributed by atoms with van der Waals surface area (Å²) in [4.78, 5) is 16.9. The van der Waals surface area contributed by atoms with E-state index in [1.54, 1.807) is 55.6 Å². The van der Waals surface area contributed by atoms with E-state index in [1.165, 1.54) is 19.3 Å². The van der Waals surface area contributed by atoms with Crippen LogP contribution < -0.4 is 14.8 Å². The third-order valence-corrected chi connectivity index (χ3v) is 6.67. The predicted octanol–water partition coefficient (Wildman–Crippen LogP) is 3.76. The molecule has 0 unspecified atom stereocenters. The van der Waals surface area contributed by atoms with Crippen molar-refractivity contribution in [2.75, 3.05) is 26.0 Å². The predicted molar refractivity (Wildman–Crippen MR) is 122 cm³/mol. The second-order valence-electron chi connectivity index (χ2n) is 7.19. The van der Waals surface area contributed by atoms with Crippen LogP contribution >= 0.6 is 0 Å². The molecule has 1 heterocycles. The topological polar surface area (TPSA) is 97.8 Å². The van der Waals surface area contributed by atoms with Crippen LogP contribution in [-0.4, -0.2) is 44.3 Å². The fourth-order valence-electron chi connectivity index (χ4n) is 2.85. The first-order chi connectivity index (χ1) is 15.2. The van der Waals surface area contributed by atoms with Gasteiger partial charge in [0.2, 0.25) is 21.8 Å². The van der Waals surface area contributed by atoms with Crippen LogP contribution in [-0.2, 0) is 14.8 Å². The zero-order valence-corrected chi connectivity index (χ0v) is 19.1. The Bertz CT molecular complexity index is 1210. The number of aryl methyl sites for hydroxylation is 2. The van der Waals surface area contributed by atoms with Gasteiger partial charge < -0.3 is 14.8 Å². The van der Waals surface area contributed by atoms with E-state index in [0.29, 0.717) is 17.2 Å². The highest BCUT2D eigenvalue weighted by Gasteiger charge is 2.24. The largest absolute Gasteiger partial charge is 0.497 e. The van der Waals surface area contributed by atoms with Crippen LogP contribution in [0.2, 0.25) is 0 Å². The monoisotopic (exact) mass is 455 g/mol. The molecule has 168 valence electrons. The number of rotatable bonds is 8. The van der Waals surface area contributed by atoms with Crippen molar-refractivity contribution in [2.45, 2.75) is 18.7 Å². The highest BCUT2D eigenvalue weighted by molar-refractivity contribution is 7.89. The number of nitrogens with one attached hydrogen (secondary N) is 1. The highest BCUT2D eigenvalue weighted by Crippen LogP contribution is 2.28. The minimum absolute atomic E-state index is 0.140. The van der Waals surface area contributed by atoms with Gasteiger partial charge in [-0.1, -0.05) is 6.07 Å². The minimum atomic E-state index is -3.82. The number of amides is 1. The van der Waals surface area contributed by atoms with Crippen molar-refractivity contribution in [3.63, 3.8) is 0 Å². The molecule has 0 atom stereocenters. The molecule has 1 aromatic heterocycles. The molecule has 1 N–H and O–H groups in total. The molecule has 0 spiro atoms. The molecule has 8 nitrogen and oxygen atoms in total. The summed E-state index contributed by atoms with van der Waals surface area (Å²) in [7, 11) is -0.885. The Balaban J connectivity index is 1.71. The van der Waals surface area contributed by atoms with Crippen LogP contribution in [0, 0.1) is 13.8 Å². The normalized spacial score (nSPS) is 11.3. The average Bonchev–Trinajstić information content (AvgIpc) is 2.77. The quantitative estimate of drug-likeness (QED) is 0.555. The van der Waals surface area contributed by atoms with Gasteiger partial charge in [-0.05, 0) is 73.5 Å². The van der Waals surface area contributed by atoms with Gasteiger partial charge in [-0.15, -0.1) is 0 Å².